The SMILES string of the molecule is Cc1cc(F)c(-c2cc(-c3ccc(N4CCOCC4)cc3)cnc2N)cc1CCNC=O. The summed E-state index contributed by atoms with van der Waals surface area (Å²) in [7, 11) is 0. The maximum Gasteiger partial charge on any atom is 0.207 e. The van der Waals surface area contributed by atoms with Crippen molar-refractivity contribution < 1.29 is 13.9 Å². The Kier molecular flexibility index (Phi) is 6.66. The summed E-state index contributed by atoms with van der Waals surface area (Å²) in [6, 6.07) is 13.5. The Bertz CT molecular complexity index is 1100. The number of morpholine rings is 1. The molecule has 1 aliphatic heterocycles. The van der Waals surface area contributed by atoms with E-state index in [9.17, 15) is 9.18 Å². The predicted molar refractivity (Wildman–Crippen MR) is 125 cm³/mol. The summed E-state index contributed by atoms with van der Waals surface area (Å²) in [5.41, 5.74) is 11.9. The van der Waals surface area contributed by atoms with Crippen LogP contribution in [0.4, 0.5) is 15.9 Å². The van der Waals surface area contributed by atoms with Crippen molar-refractivity contribution >= 4 is 17.9 Å². The third-order valence-electron chi connectivity index (χ3n) is 5.83. The van der Waals surface area contributed by atoms with Crippen LogP contribution in [0.25, 0.3) is 22.3 Å². The summed E-state index contributed by atoms with van der Waals surface area (Å²) in [6.45, 7) is 5.58. The zero-order valence-electron chi connectivity index (χ0n) is 18.1. The van der Waals surface area contributed by atoms with Crippen LogP contribution in [0.1, 0.15) is 11.1 Å². The number of pyridine rings is 1. The lowest BCUT2D eigenvalue weighted by Gasteiger charge is -2.28. The van der Waals surface area contributed by atoms with Gasteiger partial charge in [0.1, 0.15) is 11.6 Å². The van der Waals surface area contributed by atoms with Gasteiger partial charge in [-0.05, 0) is 60.4 Å². The van der Waals surface area contributed by atoms with Crippen molar-refractivity contribution in [2.24, 2.45) is 0 Å². The largest absolute Gasteiger partial charge is 0.383 e. The Morgan fingerprint density at radius 2 is 1.88 bits per heavy atom. The van der Waals surface area contributed by atoms with E-state index in [1.165, 1.54) is 6.07 Å². The van der Waals surface area contributed by atoms with E-state index in [1.807, 2.05) is 25.1 Å². The van der Waals surface area contributed by atoms with Gasteiger partial charge in [0, 0.05) is 48.2 Å². The lowest BCUT2D eigenvalue weighted by Crippen LogP contribution is -2.36. The number of nitrogens with one attached hydrogen (secondary N) is 1. The summed E-state index contributed by atoms with van der Waals surface area (Å²) in [4.78, 5) is 17.2. The van der Waals surface area contributed by atoms with Crippen LogP contribution in [0, 0.1) is 12.7 Å². The molecule has 6 nitrogen and oxygen atoms in total. The first kappa shape index (κ1) is 21.8. The number of hydrogen-bond acceptors (Lipinski definition) is 5. The minimum Gasteiger partial charge on any atom is -0.383 e. The summed E-state index contributed by atoms with van der Waals surface area (Å²) < 4.78 is 20.3. The average Bonchev–Trinajstić information content (AvgIpc) is 2.82. The quantitative estimate of drug-likeness (QED) is 0.439. The fraction of sp³-hybridized carbons (Fsp3) is 0.280. The lowest BCUT2D eigenvalue weighted by molar-refractivity contribution is -0.109. The number of aromatic nitrogens is 1. The van der Waals surface area contributed by atoms with E-state index in [0.29, 0.717) is 30.5 Å². The third kappa shape index (κ3) is 4.73. The number of ether oxygens (including phenoxy) is 1. The number of carbonyl (C=O) groups excluding carboxylic acids is 1. The van der Waals surface area contributed by atoms with Gasteiger partial charge >= 0.3 is 0 Å². The van der Waals surface area contributed by atoms with E-state index >= 15 is 0 Å². The number of aryl methyl sites for hydroxylation is 1. The van der Waals surface area contributed by atoms with Crippen molar-refractivity contribution in [3.63, 3.8) is 0 Å². The Balaban J connectivity index is 1.64. The number of carbonyl (C=O) groups is 1. The Labute approximate surface area is 187 Å². The summed E-state index contributed by atoms with van der Waals surface area (Å²) in [5, 5.41) is 2.65. The minimum absolute atomic E-state index is 0.276. The van der Waals surface area contributed by atoms with Crippen LogP contribution in [0.5, 0.6) is 0 Å². The molecular weight excluding hydrogens is 407 g/mol. The van der Waals surface area contributed by atoms with Crippen molar-refractivity contribution in [3.05, 3.63) is 65.6 Å². The van der Waals surface area contributed by atoms with Gasteiger partial charge in [0.25, 0.3) is 0 Å². The smallest absolute Gasteiger partial charge is 0.207 e. The van der Waals surface area contributed by atoms with Crippen LogP contribution < -0.4 is 16.0 Å². The molecule has 3 N–H and O–H groups in total. The molecule has 32 heavy (non-hydrogen) atoms. The molecule has 4 rings (SSSR count). The summed E-state index contributed by atoms with van der Waals surface area (Å²) in [6.07, 6.45) is 2.98. The third-order valence-corrected chi connectivity index (χ3v) is 5.83. The number of rotatable bonds is 7. The first-order valence-electron chi connectivity index (χ1n) is 10.7. The number of anilines is 2. The normalized spacial score (nSPS) is 13.8. The molecule has 1 saturated heterocycles. The van der Waals surface area contributed by atoms with E-state index in [2.05, 4.69) is 27.3 Å². The van der Waals surface area contributed by atoms with Gasteiger partial charge in [-0.3, -0.25) is 4.79 Å². The van der Waals surface area contributed by atoms with Gasteiger partial charge in [0.15, 0.2) is 0 Å². The molecule has 0 atom stereocenters. The summed E-state index contributed by atoms with van der Waals surface area (Å²) >= 11 is 0. The molecule has 0 spiro atoms. The van der Waals surface area contributed by atoms with Crippen molar-refractivity contribution in [1.82, 2.24) is 10.3 Å². The van der Waals surface area contributed by atoms with Gasteiger partial charge < -0.3 is 20.7 Å². The molecule has 0 saturated carbocycles. The molecule has 2 heterocycles. The second-order valence-corrected chi connectivity index (χ2v) is 7.88. The molecule has 1 aliphatic rings. The fourth-order valence-electron chi connectivity index (χ4n) is 3.99. The molecule has 7 heteroatoms. The first-order valence-corrected chi connectivity index (χ1v) is 10.7. The van der Waals surface area contributed by atoms with Crippen LogP contribution in [-0.4, -0.2) is 44.2 Å². The Hall–Kier alpha value is -3.45. The highest BCUT2D eigenvalue weighted by molar-refractivity contribution is 5.80. The number of halogens is 1. The van der Waals surface area contributed by atoms with Crippen LogP contribution in [0.2, 0.25) is 0 Å². The molecule has 3 aromatic rings. The van der Waals surface area contributed by atoms with Crippen molar-refractivity contribution in [2.45, 2.75) is 13.3 Å². The zero-order chi connectivity index (χ0) is 22.5. The highest BCUT2D eigenvalue weighted by Crippen LogP contribution is 2.33. The van der Waals surface area contributed by atoms with Crippen LogP contribution in [0.3, 0.4) is 0 Å². The van der Waals surface area contributed by atoms with Crippen molar-refractivity contribution in [3.8, 4) is 22.3 Å². The van der Waals surface area contributed by atoms with Crippen molar-refractivity contribution in [1.29, 1.82) is 0 Å². The topological polar surface area (TPSA) is 80.5 Å². The number of benzene rings is 2. The predicted octanol–water partition coefficient (Wildman–Crippen LogP) is 3.57. The monoisotopic (exact) mass is 434 g/mol. The molecule has 0 radical (unpaired) electrons. The number of nitrogens with two attached hydrogens (primary N) is 1. The molecule has 1 fully saturated rings. The molecule has 0 bridgehead atoms. The van der Waals surface area contributed by atoms with Gasteiger partial charge in [-0.1, -0.05) is 12.1 Å². The van der Waals surface area contributed by atoms with Gasteiger partial charge in [0.05, 0.1) is 13.2 Å². The Morgan fingerprint density at radius 3 is 2.59 bits per heavy atom. The number of nitrogen functional groups attached to an aromatic ring is 1. The lowest BCUT2D eigenvalue weighted by atomic mass is 9.95. The zero-order valence-corrected chi connectivity index (χ0v) is 18.1. The Morgan fingerprint density at radius 1 is 1.12 bits per heavy atom. The molecule has 2 aromatic carbocycles. The molecule has 1 amide bonds. The molecule has 166 valence electrons. The van der Waals surface area contributed by atoms with Crippen LogP contribution in [0.15, 0.2) is 48.7 Å². The highest BCUT2D eigenvalue weighted by atomic mass is 19.1. The van der Waals surface area contributed by atoms with Gasteiger partial charge in [0.2, 0.25) is 6.41 Å². The molecular formula is C25H27FN4O2. The van der Waals surface area contributed by atoms with E-state index < -0.39 is 0 Å². The van der Waals surface area contributed by atoms with Gasteiger partial charge in [-0.25, -0.2) is 9.37 Å². The van der Waals surface area contributed by atoms with Gasteiger partial charge in [-0.2, -0.15) is 0 Å². The minimum atomic E-state index is -0.345. The second-order valence-electron chi connectivity index (χ2n) is 7.88. The second kappa shape index (κ2) is 9.78. The van der Waals surface area contributed by atoms with Crippen molar-refractivity contribution in [2.75, 3.05) is 43.5 Å². The van der Waals surface area contributed by atoms with E-state index in [-0.39, 0.29) is 11.6 Å². The molecule has 0 aliphatic carbocycles. The maximum absolute atomic E-state index is 14.9. The van der Waals surface area contributed by atoms with E-state index in [1.54, 1.807) is 12.3 Å². The fourth-order valence-corrected chi connectivity index (χ4v) is 3.99. The maximum atomic E-state index is 14.9. The van der Waals surface area contributed by atoms with E-state index in [0.717, 1.165) is 54.2 Å². The number of hydrogen-bond donors (Lipinski definition) is 2. The standard InChI is InChI=1S/C25H27FN4O2/c1-17-12-24(26)22(13-19(17)6-7-28-16-31)23-14-20(15-29-25(23)27)18-2-4-21(5-3-18)30-8-10-32-11-9-30/h2-5,12-16H,6-11H2,1H3,(H2,27,29)(H,28,31). The number of amides is 1. The summed E-state index contributed by atoms with van der Waals surface area (Å²) in [5.74, 6) is -0.0682. The molecule has 0 unspecified atom stereocenters. The van der Waals surface area contributed by atoms with Crippen LogP contribution in [-0.2, 0) is 16.0 Å². The molecule has 1 aromatic heterocycles. The van der Waals surface area contributed by atoms with Gasteiger partial charge in [-0.15, -0.1) is 0 Å². The van der Waals surface area contributed by atoms with Crippen LogP contribution >= 0.6 is 0 Å². The first-order chi connectivity index (χ1) is 15.6. The highest BCUT2D eigenvalue weighted by Gasteiger charge is 2.15. The average molecular weight is 435 g/mol. The van der Waals surface area contributed by atoms with E-state index in [4.69, 9.17) is 10.5 Å². The number of nitrogens with zero attached hydrogens (tertiary/aromatic N) is 2.